The molecule has 2 aromatic rings. The highest BCUT2D eigenvalue weighted by molar-refractivity contribution is 7.80. The summed E-state index contributed by atoms with van der Waals surface area (Å²) in [4.78, 5) is 7.29. The Hall–Kier alpha value is -1.48. The number of thiol groups is 1. The van der Waals surface area contributed by atoms with Crippen molar-refractivity contribution in [1.82, 2.24) is 4.98 Å². The molecule has 2 rings (SSSR count). The molecule has 0 saturated heterocycles. The molecule has 0 atom stereocenters. The summed E-state index contributed by atoms with van der Waals surface area (Å²) in [6.07, 6.45) is 1.79. The van der Waals surface area contributed by atoms with E-state index in [2.05, 4.69) is 17.6 Å². The molecule has 0 aliphatic rings. The van der Waals surface area contributed by atoms with Crippen molar-refractivity contribution in [3.8, 4) is 0 Å². The van der Waals surface area contributed by atoms with Gasteiger partial charge >= 0.3 is 0 Å². The standard InChI is InChI=1S/C12H12N2S/c1-14(12-4-2-3-9-13-12)10-5-7-11(15)8-6-10/h2-9,15H,1H3. The lowest BCUT2D eigenvalue weighted by atomic mass is 10.3. The van der Waals surface area contributed by atoms with Crippen LogP contribution in [-0.2, 0) is 0 Å². The normalized spacial score (nSPS) is 10.0. The molecule has 0 unspecified atom stereocenters. The maximum Gasteiger partial charge on any atom is 0.132 e. The predicted molar refractivity (Wildman–Crippen MR) is 66.0 cm³/mol. The number of pyridine rings is 1. The Bertz CT molecular complexity index is 425. The van der Waals surface area contributed by atoms with E-state index in [1.807, 2.05) is 54.4 Å². The summed E-state index contributed by atoms with van der Waals surface area (Å²) in [7, 11) is 2.00. The highest BCUT2D eigenvalue weighted by Crippen LogP contribution is 2.21. The van der Waals surface area contributed by atoms with Gasteiger partial charge in [-0.05, 0) is 36.4 Å². The van der Waals surface area contributed by atoms with Gasteiger partial charge < -0.3 is 4.90 Å². The first-order valence-corrected chi connectivity index (χ1v) is 5.16. The number of rotatable bonds is 2. The Morgan fingerprint density at radius 1 is 1.07 bits per heavy atom. The molecule has 0 radical (unpaired) electrons. The van der Waals surface area contributed by atoms with Crippen LogP contribution in [-0.4, -0.2) is 12.0 Å². The quantitative estimate of drug-likeness (QED) is 0.776. The summed E-state index contributed by atoms with van der Waals surface area (Å²) in [5.74, 6) is 0.935. The van der Waals surface area contributed by atoms with E-state index in [4.69, 9.17) is 0 Å². The van der Waals surface area contributed by atoms with Crippen LogP contribution in [0.3, 0.4) is 0 Å². The zero-order valence-corrected chi connectivity index (χ0v) is 9.35. The number of hydrogen-bond acceptors (Lipinski definition) is 3. The number of aromatic nitrogens is 1. The van der Waals surface area contributed by atoms with E-state index in [0.29, 0.717) is 0 Å². The lowest BCUT2D eigenvalue weighted by Crippen LogP contribution is -2.10. The molecule has 1 aromatic heterocycles. The third-order valence-corrected chi connectivity index (χ3v) is 2.53. The van der Waals surface area contributed by atoms with Crippen LogP contribution in [0.15, 0.2) is 53.6 Å². The fourth-order valence-corrected chi connectivity index (χ4v) is 1.51. The van der Waals surface area contributed by atoms with Gasteiger partial charge in [0.1, 0.15) is 5.82 Å². The van der Waals surface area contributed by atoms with Crippen molar-refractivity contribution in [1.29, 1.82) is 0 Å². The van der Waals surface area contributed by atoms with Crippen molar-refractivity contribution in [2.24, 2.45) is 0 Å². The fraction of sp³-hybridized carbons (Fsp3) is 0.0833. The van der Waals surface area contributed by atoms with E-state index in [1.165, 1.54) is 0 Å². The lowest BCUT2D eigenvalue weighted by Gasteiger charge is -2.17. The third kappa shape index (κ3) is 2.30. The summed E-state index contributed by atoms with van der Waals surface area (Å²) >= 11 is 4.25. The van der Waals surface area contributed by atoms with Crippen LogP contribution < -0.4 is 4.90 Å². The van der Waals surface area contributed by atoms with Gasteiger partial charge in [0.25, 0.3) is 0 Å². The number of hydrogen-bond donors (Lipinski definition) is 1. The molecule has 0 aliphatic carbocycles. The van der Waals surface area contributed by atoms with E-state index in [1.54, 1.807) is 6.20 Å². The van der Waals surface area contributed by atoms with Gasteiger partial charge in [0, 0.05) is 23.8 Å². The van der Waals surface area contributed by atoms with E-state index < -0.39 is 0 Å². The van der Waals surface area contributed by atoms with Gasteiger partial charge in [-0.2, -0.15) is 0 Å². The second-order valence-corrected chi connectivity index (χ2v) is 3.78. The lowest BCUT2D eigenvalue weighted by molar-refractivity contribution is 1.12. The van der Waals surface area contributed by atoms with Gasteiger partial charge in [-0.15, -0.1) is 12.6 Å². The van der Waals surface area contributed by atoms with Crippen molar-refractivity contribution in [2.75, 3.05) is 11.9 Å². The molecular weight excluding hydrogens is 204 g/mol. The van der Waals surface area contributed by atoms with Crippen molar-refractivity contribution in [2.45, 2.75) is 4.90 Å². The van der Waals surface area contributed by atoms with Crippen LogP contribution in [0.1, 0.15) is 0 Å². The van der Waals surface area contributed by atoms with Crippen LogP contribution in [0.4, 0.5) is 11.5 Å². The topological polar surface area (TPSA) is 16.1 Å². The van der Waals surface area contributed by atoms with Crippen molar-refractivity contribution in [3.63, 3.8) is 0 Å². The minimum absolute atomic E-state index is 0.935. The van der Waals surface area contributed by atoms with Gasteiger partial charge in [0.05, 0.1) is 0 Å². The molecule has 15 heavy (non-hydrogen) atoms. The van der Waals surface area contributed by atoms with E-state index in [-0.39, 0.29) is 0 Å². The molecule has 1 heterocycles. The molecule has 0 saturated carbocycles. The Morgan fingerprint density at radius 2 is 1.80 bits per heavy atom. The maximum atomic E-state index is 4.28. The molecule has 0 bridgehead atoms. The highest BCUT2D eigenvalue weighted by Gasteiger charge is 2.03. The van der Waals surface area contributed by atoms with Gasteiger partial charge in [-0.3, -0.25) is 0 Å². The van der Waals surface area contributed by atoms with Gasteiger partial charge in [0.2, 0.25) is 0 Å². The zero-order valence-electron chi connectivity index (χ0n) is 8.46. The monoisotopic (exact) mass is 216 g/mol. The maximum absolute atomic E-state index is 4.28. The Balaban J connectivity index is 2.29. The second-order valence-electron chi connectivity index (χ2n) is 3.26. The summed E-state index contributed by atoms with van der Waals surface area (Å²) in [6.45, 7) is 0. The number of anilines is 2. The summed E-state index contributed by atoms with van der Waals surface area (Å²) < 4.78 is 0. The highest BCUT2D eigenvalue weighted by atomic mass is 32.1. The van der Waals surface area contributed by atoms with Crippen molar-refractivity contribution < 1.29 is 0 Å². The smallest absolute Gasteiger partial charge is 0.132 e. The fourth-order valence-electron chi connectivity index (χ4n) is 1.36. The van der Waals surface area contributed by atoms with Gasteiger partial charge in [0.15, 0.2) is 0 Å². The number of nitrogens with zero attached hydrogens (tertiary/aromatic N) is 2. The van der Waals surface area contributed by atoms with Crippen LogP contribution in [0.25, 0.3) is 0 Å². The second kappa shape index (κ2) is 4.36. The first-order chi connectivity index (χ1) is 7.27. The van der Waals surface area contributed by atoms with Crippen molar-refractivity contribution in [3.05, 3.63) is 48.7 Å². The van der Waals surface area contributed by atoms with Crippen LogP contribution in [0.2, 0.25) is 0 Å². The molecule has 0 aliphatic heterocycles. The third-order valence-electron chi connectivity index (χ3n) is 2.23. The molecule has 0 spiro atoms. The molecule has 0 fully saturated rings. The number of benzene rings is 1. The Morgan fingerprint density at radius 3 is 2.40 bits per heavy atom. The zero-order chi connectivity index (χ0) is 10.7. The first-order valence-electron chi connectivity index (χ1n) is 4.71. The molecule has 0 N–H and O–H groups in total. The van der Waals surface area contributed by atoms with Crippen LogP contribution >= 0.6 is 12.6 Å². The van der Waals surface area contributed by atoms with E-state index in [0.717, 1.165) is 16.4 Å². The minimum Gasteiger partial charge on any atom is -0.329 e. The van der Waals surface area contributed by atoms with E-state index >= 15 is 0 Å². The Kier molecular flexibility index (Phi) is 2.92. The van der Waals surface area contributed by atoms with Gasteiger partial charge in [-0.1, -0.05) is 6.07 Å². The molecule has 3 heteroatoms. The summed E-state index contributed by atoms with van der Waals surface area (Å²) in [5.41, 5.74) is 1.10. The molecule has 1 aromatic carbocycles. The molecule has 0 amide bonds. The summed E-state index contributed by atoms with van der Waals surface area (Å²) in [5, 5.41) is 0. The predicted octanol–water partition coefficient (Wildman–Crippen LogP) is 3.14. The van der Waals surface area contributed by atoms with Gasteiger partial charge in [-0.25, -0.2) is 4.98 Å². The largest absolute Gasteiger partial charge is 0.329 e. The minimum atomic E-state index is 0.935. The van der Waals surface area contributed by atoms with Crippen molar-refractivity contribution >= 4 is 24.1 Å². The summed E-state index contributed by atoms with van der Waals surface area (Å²) in [6, 6.07) is 13.9. The SMILES string of the molecule is CN(c1ccc(S)cc1)c1ccccn1. The van der Waals surface area contributed by atoms with Crippen LogP contribution in [0.5, 0.6) is 0 Å². The molecular formula is C12H12N2S. The molecule has 76 valence electrons. The average molecular weight is 216 g/mol. The van der Waals surface area contributed by atoms with E-state index in [9.17, 15) is 0 Å². The first kappa shape index (κ1) is 10.1. The molecule has 2 nitrogen and oxygen atoms in total. The average Bonchev–Trinajstić information content (AvgIpc) is 2.30. The van der Waals surface area contributed by atoms with Crippen LogP contribution in [0, 0.1) is 0 Å². The Labute approximate surface area is 95.0 Å².